The van der Waals surface area contributed by atoms with E-state index in [0.717, 1.165) is 35.3 Å². The Kier molecular flexibility index (Phi) is 5.76. The average molecular weight is 421 g/mol. The molecule has 1 N–H and O–H groups in total. The summed E-state index contributed by atoms with van der Waals surface area (Å²) in [7, 11) is 0. The molecule has 1 aliphatic heterocycles. The first-order chi connectivity index (χ1) is 14.9. The van der Waals surface area contributed by atoms with Crippen LogP contribution in [0.4, 0.5) is 4.79 Å². The fraction of sp³-hybridized carbons (Fsp3) is 0.417. The zero-order valence-corrected chi connectivity index (χ0v) is 18.0. The first kappa shape index (κ1) is 21.0. The number of benzene rings is 1. The largest absolute Gasteiger partial charge is 0.332 e. The van der Waals surface area contributed by atoms with Crippen molar-refractivity contribution < 1.29 is 14.4 Å². The fourth-order valence-corrected chi connectivity index (χ4v) is 4.08. The molecule has 7 nitrogen and oxygen atoms in total. The van der Waals surface area contributed by atoms with Crippen LogP contribution in [0.25, 0.3) is 0 Å². The molecule has 2 heterocycles. The van der Waals surface area contributed by atoms with Crippen molar-refractivity contribution in [1.29, 1.82) is 0 Å². The number of nitrogens with zero attached hydrogens (tertiary/aromatic N) is 3. The number of imide groups is 1. The topological polar surface area (TPSA) is 82.6 Å². The van der Waals surface area contributed by atoms with Gasteiger partial charge in [-0.2, -0.15) is 0 Å². The summed E-state index contributed by atoms with van der Waals surface area (Å²) in [5.74, 6) is -0.415. The average Bonchev–Trinajstić information content (AvgIpc) is 3.60. The number of aromatic nitrogens is 1. The molecular weight excluding hydrogens is 392 g/mol. The van der Waals surface area contributed by atoms with E-state index in [0.29, 0.717) is 13.1 Å². The van der Waals surface area contributed by atoms with Crippen LogP contribution in [-0.4, -0.2) is 44.7 Å². The number of pyridine rings is 1. The van der Waals surface area contributed by atoms with Crippen molar-refractivity contribution in [2.24, 2.45) is 5.92 Å². The van der Waals surface area contributed by atoms with Crippen molar-refractivity contribution in [3.8, 4) is 0 Å². The normalized spacial score (nSPS) is 20.6. The van der Waals surface area contributed by atoms with Crippen molar-refractivity contribution in [3.05, 3.63) is 65.5 Å². The highest BCUT2D eigenvalue weighted by molar-refractivity contribution is 6.09. The Balaban J connectivity index is 1.51. The lowest BCUT2D eigenvalue weighted by molar-refractivity contribution is -0.139. The zero-order valence-electron chi connectivity index (χ0n) is 18.0. The van der Waals surface area contributed by atoms with Crippen LogP contribution in [0.3, 0.4) is 0 Å². The fourth-order valence-electron chi connectivity index (χ4n) is 4.08. The number of carbonyl (C=O) groups is 3. The Labute approximate surface area is 182 Å². The van der Waals surface area contributed by atoms with Gasteiger partial charge in [-0.1, -0.05) is 37.3 Å². The number of hydrogen-bond acceptors (Lipinski definition) is 4. The maximum absolute atomic E-state index is 13.3. The van der Waals surface area contributed by atoms with E-state index >= 15 is 0 Å². The lowest BCUT2D eigenvalue weighted by Gasteiger charge is -2.25. The summed E-state index contributed by atoms with van der Waals surface area (Å²) >= 11 is 0. The molecule has 4 amide bonds. The molecule has 4 rings (SSSR count). The van der Waals surface area contributed by atoms with Gasteiger partial charge >= 0.3 is 6.03 Å². The van der Waals surface area contributed by atoms with Gasteiger partial charge in [0.25, 0.3) is 5.91 Å². The molecule has 1 aliphatic carbocycles. The highest BCUT2D eigenvalue weighted by Gasteiger charge is 2.56. The molecule has 1 saturated carbocycles. The van der Waals surface area contributed by atoms with Crippen LogP contribution >= 0.6 is 0 Å². The molecular formula is C24H28N4O3. The number of carbonyl (C=O) groups excluding carboxylic acids is 3. The van der Waals surface area contributed by atoms with Gasteiger partial charge in [0.1, 0.15) is 12.1 Å². The Bertz CT molecular complexity index is 972. The first-order valence-electron chi connectivity index (χ1n) is 10.8. The number of urea groups is 1. The van der Waals surface area contributed by atoms with Crippen LogP contribution in [0, 0.1) is 5.92 Å². The highest BCUT2D eigenvalue weighted by Crippen LogP contribution is 2.42. The third-order valence-corrected chi connectivity index (χ3v) is 6.24. The molecule has 162 valence electrons. The first-order valence-corrected chi connectivity index (χ1v) is 10.8. The molecule has 7 heteroatoms. The second kappa shape index (κ2) is 8.49. The van der Waals surface area contributed by atoms with Crippen molar-refractivity contribution in [3.63, 3.8) is 0 Å². The van der Waals surface area contributed by atoms with Crippen LogP contribution in [-0.2, 0) is 29.1 Å². The maximum atomic E-state index is 13.3. The van der Waals surface area contributed by atoms with Crippen molar-refractivity contribution >= 4 is 17.8 Å². The second-order valence-electron chi connectivity index (χ2n) is 8.58. The summed E-state index contributed by atoms with van der Waals surface area (Å²) in [6, 6.07) is 11.4. The van der Waals surface area contributed by atoms with Gasteiger partial charge in [-0.25, -0.2) is 4.79 Å². The van der Waals surface area contributed by atoms with Crippen LogP contribution in [0.5, 0.6) is 0 Å². The van der Waals surface area contributed by atoms with Crippen LogP contribution in [0.15, 0.2) is 48.8 Å². The lowest BCUT2D eigenvalue weighted by Crippen LogP contribution is -2.47. The third kappa shape index (κ3) is 4.45. The van der Waals surface area contributed by atoms with Gasteiger partial charge in [-0.3, -0.25) is 19.5 Å². The Morgan fingerprint density at radius 2 is 1.81 bits per heavy atom. The van der Waals surface area contributed by atoms with Crippen LogP contribution < -0.4 is 5.32 Å². The molecule has 2 aliphatic rings. The molecule has 0 radical (unpaired) electrons. The SMILES string of the molecule is CCc1ccc(CN(Cc2cccnc2)C(=O)CN2C(=O)N[C@](C)(C3CC3)C2=O)cc1. The smallest absolute Gasteiger partial charge is 0.325 e. The predicted molar refractivity (Wildman–Crippen MR) is 116 cm³/mol. The molecule has 0 bridgehead atoms. The van der Waals surface area contributed by atoms with Crippen molar-refractivity contribution in [2.45, 2.75) is 51.7 Å². The van der Waals surface area contributed by atoms with Gasteiger partial charge in [-0.15, -0.1) is 0 Å². The minimum Gasteiger partial charge on any atom is -0.332 e. The summed E-state index contributed by atoms with van der Waals surface area (Å²) in [4.78, 5) is 45.5. The second-order valence-corrected chi connectivity index (χ2v) is 8.58. The van der Waals surface area contributed by atoms with Gasteiger partial charge in [0.2, 0.25) is 5.91 Å². The summed E-state index contributed by atoms with van der Waals surface area (Å²) in [5, 5.41) is 2.81. The standard InChI is InChI=1S/C24H28N4O3/c1-3-17-6-8-18(9-7-17)14-27(15-19-5-4-12-25-13-19)21(29)16-28-22(30)24(2,20-10-11-20)26-23(28)31/h4-9,12-13,20H,3,10-11,14-16H2,1-2H3,(H,26,31)/t24-/m1/s1. The van der Waals surface area contributed by atoms with E-state index < -0.39 is 11.6 Å². The van der Waals surface area contributed by atoms with Gasteiger partial charge in [0, 0.05) is 25.5 Å². The summed E-state index contributed by atoms with van der Waals surface area (Å²) in [6.07, 6.45) is 6.20. The monoisotopic (exact) mass is 420 g/mol. The highest BCUT2D eigenvalue weighted by atomic mass is 16.2. The zero-order chi connectivity index (χ0) is 22.0. The molecule has 0 unspecified atom stereocenters. The van der Waals surface area contributed by atoms with E-state index in [4.69, 9.17) is 0 Å². The molecule has 1 saturated heterocycles. The number of aryl methyl sites for hydroxylation is 1. The number of nitrogens with one attached hydrogen (secondary N) is 1. The molecule has 1 aromatic heterocycles. The third-order valence-electron chi connectivity index (χ3n) is 6.24. The van der Waals surface area contributed by atoms with Crippen LogP contribution in [0.1, 0.15) is 43.4 Å². The molecule has 1 aromatic carbocycles. The minimum absolute atomic E-state index is 0.160. The van der Waals surface area contributed by atoms with Gasteiger partial charge in [0.05, 0.1) is 0 Å². The molecule has 1 atom stereocenters. The Morgan fingerprint density at radius 3 is 2.42 bits per heavy atom. The maximum Gasteiger partial charge on any atom is 0.325 e. The lowest BCUT2D eigenvalue weighted by atomic mass is 9.96. The number of amides is 4. The Hall–Kier alpha value is -3.22. The summed E-state index contributed by atoms with van der Waals surface area (Å²) in [5.41, 5.74) is 2.23. The molecule has 0 spiro atoms. The van der Waals surface area contributed by atoms with Crippen LogP contribution in [0.2, 0.25) is 0 Å². The molecule has 31 heavy (non-hydrogen) atoms. The van der Waals surface area contributed by atoms with Crippen molar-refractivity contribution in [1.82, 2.24) is 20.1 Å². The minimum atomic E-state index is -0.887. The van der Waals surface area contributed by atoms with E-state index in [1.807, 2.05) is 24.3 Å². The Morgan fingerprint density at radius 1 is 1.13 bits per heavy atom. The quantitative estimate of drug-likeness (QED) is 0.666. The summed E-state index contributed by atoms with van der Waals surface area (Å²) < 4.78 is 0. The van der Waals surface area contributed by atoms with Gasteiger partial charge in [0.15, 0.2) is 0 Å². The summed E-state index contributed by atoms with van der Waals surface area (Å²) in [6.45, 7) is 4.34. The van der Waals surface area contributed by atoms with Gasteiger partial charge < -0.3 is 10.2 Å². The molecule has 2 fully saturated rings. The molecule has 2 aromatic rings. The number of rotatable bonds is 8. The van der Waals surface area contributed by atoms with E-state index in [1.54, 1.807) is 24.2 Å². The van der Waals surface area contributed by atoms with E-state index in [1.165, 1.54) is 5.56 Å². The number of hydrogen-bond donors (Lipinski definition) is 1. The van der Waals surface area contributed by atoms with E-state index in [2.05, 4.69) is 29.4 Å². The van der Waals surface area contributed by atoms with Gasteiger partial charge in [-0.05, 0) is 54.9 Å². The van der Waals surface area contributed by atoms with E-state index in [-0.39, 0.29) is 24.3 Å². The predicted octanol–water partition coefficient (Wildman–Crippen LogP) is 2.89. The van der Waals surface area contributed by atoms with E-state index in [9.17, 15) is 14.4 Å². The van der Waals surface area contributed by atoms with Crippen molar-refractivity contribution in [2.75, 3.05) is 6.54 Å².